The van der Waals surface area contributed by atoms with Gasteiger partial charge in [0.2, 0.25) is 0 Å². The third-order valence-electron chi connectivity index (χ3n) is 1.16. The van der Waals surface area contributed by atoms with Gasteiger partial charge in [0.25, 0.3) is 0 Å². The van der Waals surface area contributed by atoms with Crippen molar-refractivity contribution in [2.45, 2.75) is 6.04 Å². The van der Waals surface area contributed by atoms with E-state index in [1.807, 2.05) is 12.1 Å². The Morgan fingerprint density at radius 2 is 2.40 bits per heavy atom. The number of rotatable bonds is 2. The molecule has 1 unspecified atom stereocenters. The zero-order valence-electron chi connectivity index (χ0n) is 5.25. The Morgan fingerprint density at radius 1 is 1.70 bits per heavy atom. The van der Waals surface area contributed by atoms with Crippen LogP contribution < -0.4 is 5.73 Å². The lowest BCUT2D eigenvalue weighted by atomic mass is 10.3. The highest BCUT2D eigenvalue weighted by Gasteiger charge is 2.05. The summed E-state index contributed by atoms with van der Waals surface area (Å²) in [5, 5.41) is 8.66. The van der Waals surface area contributed by atoms with Crippen LogP contribution >= 0.6 is 27.3 Å². The van der Waals surface area contributed by atoms with Crippen LogP contribution in [0, 0.1) is 0 Å². The van der Waals surface area contributed by atoms with Gasteiger partial charge in [-0.3, -0.25) is 0 Å². The van der Waals surface area contributed by atoms with E-state index in [0.29, 0.717) is 0 Å². The average Bonchev–Trinajstić information content (AvgIpc) is 2.34. The van der Waals surface area contributed by atoms with Crippen LogP contribution in [0.1, 0.15) is 10.9 Å². The number of thiophene rings is 1. The van der Waals surface area contributed by atoms with Gasteiger partial charge in [-0.05, 0) is 28.1 Å². The van der Waals surface area contributed by atoms with Crippen molar-refractivity contribution in [3.8, 4) is 0 Å². The monoisotopic (exact) mass is 221 g/mol. The molecule has 0 aromatic carbocycles. The SMILES string of the molecule is NC(CO)c1ccc(Br)s1. The van der Waals surface area contributed by atoms with E-state index in [1.54, 1.807) is 11.3 Å². The van der Waals surface area contributed by atoms with E-state index in [-0.39, 0.29) is 12.6 Å². The van der Waals surface area contributed by atoms with Crippen LogP contribution in [0.4, 0.5) is 0 Å². The molecule has 1 rings (SSSR count). The van der Waals surface area contributed by atoms with E-state index in [9.17, 15) is 0 Å². The highest BCUT2D eigenvalue weighted by atomic mass is 79.9. The Hall–Kier alpha value is 0.1000. The predicted octanol–water partition coefficient (Wildman–Crippen LogP) is 1.50. The summed E-state index contributed by atoms with van der Waals surface area (Å²) in [5.41, 5.74) is 5.55. The zero-order valence-corrected chi connectivity index (χ0v) is 7.65. The number of hydrogen-bond donors (Lipinski definition) is 2. The molecule has 0 aliphatic heterocycles. The minimum atomic E-state index is -0.226. The maximum atomic E-state index is 8.66. The standard InChI is InChI=1S/C6H8BrNOS/c7-6-2-1-5(10-6)4(8)3-9/h1-2,4,9H,3,8H2. The topological polar surface area (TPSA) is 46.2 Å². The molecule has 3 N–H and O–H groups in total. The molecule has 0 spiro atoms. The van der Waals surface area contributed by atoms with E-state index >= 15 is 0 Å². The Bertz CT molecular complexity index is 213. The summed E-state index contributed by atoms with van der Waals surface area (Å²) in [6.07, 6.45) is 0. The molecule has 2 nitrogen and oxygen atoms in total. The summed E-state index contributed by atoms with van der Waals surface area (Å²) in [5.74, 6) is 0. The van der Waals surface area contributed by atoms with Gasteiger partial charge >= 0.3 is 0 Å². The minimum Gasteiger partial charge on any atom is -0.394 e. The molecule has 1 aromatic heterocycles. The lowest BCUT2D eigenvalue weighted by Crippen LogP contribution is -2.12. The quantitative estimate of drug-likeness (QED) is 0.796. The molecule has 10 heavy (non-hydrogen) atoms. The maximum Gasteiger partial charge on any atom is 0.0702 e. The summed E-state index contributed by atoms with van der Waals surface area (Å²) < 4.78 is 1.05. The fourth-order valence-corrected chi connectivity index (χ4v) is 2.03. The van der Waals surface area contributed by atoms with Crippen LogP contribution in [-0.4, -0.2) is 11.7 Å². The average molecular weight is 222 g/mol. The number of hydrogen-bond acceptors (Lipinski definition) is 3. The summed E-state index contributed by atoms with van der Waals surface area (Å²) in [6.45, 7) is 0.00690. The maximum absolute atomic E-state index is 8.66. The van der Waals surface area contributed by atoms with Crippen molar-refractivity contribution in [1.29, 1.82) is 0 Å². The number of aliphatic hydroxyl groups is 1. The summed E-state index contributed by atoms with van der Waals surface area (Å²) in [4.78, 5) is 1.01. The predicted molar refractivity (Wildman–Crippen MR) is 46.0 cm³/mol. The highest BCUT2D eigenvalue weighted by molar-refractivity contribution is 9.11. The second kappa shape index (κ2) is 3.48. The van der Waals surface area contributed by atoms with E-state index in [1.165, 1.54) is 0 Å². The van der Waals surface area contributed by atoms with E-state index in [0.717, 1.165) is 8.66 Å². The highest BCUT2D eigenvalue weighted by Crippen LogP contribution is 2.25. The number of halogens is 1. The smallest absolute Gasteiger partial charge is 0.0702 e. The van der Waals surface area contributed by atoms with E-state index in [4.69, 9.17) is 10.8 Å². The lowest BCUT2D eigenvalue weighted by Gasteiger charge is -2.02. The number of aliphatic hydroxyl groups excluding tert-OH is 1. The van der Waals surface area contributed by atoms with E-state index < -0.39 is 0 Å². The van der Waals surface area contributed by atoms with Gasteiger partial charge in [-0.25, -0.2) is 0 Å². The first-order valence-corrected chi connectivity index (χ1v) is 4.46. The molecular weight excluding hydrogens is 214 g/mol. The molecule has 0 bridgehead atoms. The van der Waals surface area contributed by atoms with Crippen LogP contribution in [-0.2, 0) is 0 Å². The van der Waals surface area contributed by atoms with Gasteiger partial charge in [0, 0.05) is 4.88 Å². The van der Waals surface area contributed by atoms with Gasteiger partial charge in [-0.2, -0.15) is 0 Å². The minimum absolute atomic E-state index is 0.00690. The molecule has 0 radical (unpaired) electrons. The Morgan fingerprint density at radius 3 is 2.80 bits per heavy atom. The van der Waals surface area contributed by atoms with Crippen molar-refractivity contribution >= 4 is 27.3 Å². The van der Waals surface area contributed by atoms with Gasteiger partial charge < -0.3 is 10.8 Å². The molecule has 1 heterocycles. The van der Waals surface area contributed by atoms with Crippen molar-refractivity contribution in [3.05, 3.63) is 20.8 Å². The summed E-state index contributed by atoms with van der Waals surface area (Å²) >= 11 is 4.86. The third-order valence-corrected chi connectivity index (χ3v) is 2.91. The van der Waals surface area contributed by atoms with Gasteiger partial charge in [0.1, 0.15) is 0 Å². The normalized spacial score (nSPS) is 13.5. The molecule has 1 atom stereocenters. The van der Waals surface area contributed by atoms with Crippen LogP contribution in [0.3, 0.4) is 0 Å². The fraction of sp³-hybridized carbons (Fsp3) is 0.333. The Kier molecular flexibility index (Phi) is 2.85. The first kappa shape index (κ1) is 8.20. The Balaban J connectivity index is 2.74. The molecule has 0 saturated heterocycles. The summed E-state index contributed by atoms with van der Waals surface area (Å²) in [6, 6.07) is 3.61. The van der Waals surface area contributed by atoms with Crippen molar-refractivity contribution in [1.82, 2.24) is 0 Å². The molecule has 1 aromatic rings. The summed E-state index contributed by atoms with van der Waals surface area (Å²) in [7, 11) is 0. The van der Waals surface area contributed by atoms with E-state index in [2.05, 4.69) is 15.9 Å². The Labute approximate surface area is 71.8 Å². The van der Waals surface area contributed by atoms with Gasteiger partial charge in [-0.1, -0.05) is 0 Å². The lowest BCUT2D eigenvalue weighted by molar-refractivity contribution is 0.269. The number of nitrogens with two attached hydrogens (primary N) is 1. The van der Waals surface area contributed by atoms with Crippen LogP contribution in [0.25, 0.3) is 0 Å². The second-order valence-electron chi connectivity index (χ2n) is 1.93. The zero-order chi connectivity index (χ0) is 7.56. The molecule has 0 aliphatic rings. The second-order valence-corrected chi connectivity index (χ2v) is 4.43. The van der Waals surface area contributed by atoms with Crippen LogP contribution in [0.2, 0.25) is 0 Å². The molecule has 0 amide bonds. The van der Waals surface area contributed by atoms with Gasteiger partial charge in [0.15, 0.2) is 0 Å². The molecule has 56 valence electrons. The molecular formula is C6H8BrNOS. The van der Waals surface area contributed by atoms with Crippen molar-refractivity contribution in [2.75, 3.05) is 6.61 Å². The molecule has 4 heteroatoms. The fourth-order valence-electron chi connectivity index (χ4n) is 0.618. The van der Waals surface area contributed by atoms with Crippen LogP contribution in [0.15, 0.2) is 15.9 Å². The third kappa shape index (κ3) is 1.79. The molecule has 0 saturated carbocycles. The van der Waals surface area contributed by atoms with Gasteiger partial charge in [-0.15, -0.1) is 11.3 Å². The van der Waals surface area contributed by atoms with Crippen LogP contribution in [0.5, 0.6) is 0 Å². The van der Waals surface area contributed by atoms with Crippen molar-refractivity contribution in [2.24, 2.45) is 5.73 Å². The van der Waals surface area contributed by atoms with Crippen molar-refractivity contribution in [3.63, 3.8) is 0 Å². The molecule has 0 aliphatic carbocycles. The first-order chi connectivity index (χ1) is 4.74. The van der Waals surface area contributed by atoms with Gasteiger partial charge in [0.05, 0.1) is 16.4 Å². The largest absolute Gasteiger partial charge is 0.394 e. The first-order valence-electron chi connectivity index (χ1n) is 2.85. The van der Waals surface area contributed by atoms with Crippen molar-refractivity contribution < 1.29 is 5.11 Å². The molecule has 0 fully saturated rings.